The second-order valence-corrected chi connectivity index (χ2v) is 3.82. The minimum absolute atomic E-state index is 0.0451. The van der Waals surface area contributed by atoms with E-state index in [1.165, 1.54) is 12.1 Å². The molecule has 1 aromatic carbocycles. The number of amides is 1. The third-order valence-electron chi connectivity index (χ3n) is 2.49. The van der Waals surface area contributed by atoms with Crippen molar-refractivity contribution in [3.05, 3.63) is 24.3 Å². The zero-order valence-corrected chi connectivity index (χ0v) is 9.79. The SMILES string of the molecule is COc1cccc(N2N=C(CC(=O)O)CC2=O)c1. The summed E-state index contributed by atoms with van der Waals surface area (Å²) in [6.07, 6.45) is -0.171. The summed E-state index contributed by atoms with van der Waals surface area (Å²) in [5.41, 5.74) is 0.926. The first kappa shape index (κ1) is 12.1. The maximum atomic E-state index is 11.7. The van der Waals surface area contributed by atoms with Crippen molar-refractivity contribution in [2.45, 2.75) is 12.8 Å². The predicted molar refractivity (Wildman–Crippen MR) is 64.8 cm³/mol. The molecule has 0 bridgehead atoms. The van der Waals surface area contributed by atoms with Crippen LogP contribution in [0.3, 0.4) is 0 Å². The number of carbonyl (C=O) groups excluding carboxylic acids is 1. The summed E-state index contributed by atoms with van der Waals surface area (Å²) >= 11 is 0. The van der Waals surface area contributed by atoms with Gasteiger partial charge in [0.25, 0.3) is 5.91 Å². The third kappa shape index (κ3) is 2.48. The second-order valence-electron chi connectivity index (χ2n) is 3.82. The van der Waals surface area contributed by atoms with Crippen molar-refractivity contribution < 1.29 is 19.4 Å². The number of ether oxygens (including phenoxy) is 1. The van der Waals surface area contributed by atoms with Crippen LogP contribution in [0.2, 0.25) is 0 Å². The Bertz CT molecular complexity index is 525. The van der Waals surface area contributed by atoms with E-state index in [9.17, 15) is 9.59 Å². The number of carboxylic acid groups (broad SMARTS) is 1. The Labute approximate surface area is 103 Å². The lowest BCUT2D eigenvalue weighted by Gasteiger charge is -2.12. The van der Waals surface area contributed by atoms with Crippen LogP contribution >= 0.6 is 0 Å². The second kappa shape index (κ2) is 4.87. The molecular weight excluding hydrogens is 236 g/mol. The number of hydrogen-bond acceptors (Lipinski definition) is 4. The topological polar surface area (TPSA) is 79.2 Å². The summed E-state index contributed by atoms with van der Waals surface area (Å²) < 4.78 is 5.06. The average Bonchev–Trinajstić information content (AvgIpc) is 2.69. The smallest absolute Gasteiger partial charge is 0.309 e. The molecule has 0 aromatic heterocycles. The molecule has 0 saturated heterocycles. The molecule has 0 radical (unpaired) electrons. The molecule has 1 heterocycles. The van der Waals surface area contributed by atoms with Crippen LogP contribution in [0.4, 0.5) is 5.69 Å². The van der Waals surface area contributed by atoms with Crippen molar-refractivity contribution in [1.29, 1.82) is 0 Å². The van der Waals surface area contributed by atoms with Crippen molar-refractivity contribution in [2.75, 3.05) is 12.1 Å². The van der Waals surface area contributed by atoms with Gasteiger partial charge in [-0.2, -0.15) is 5.10 Å². The first-order valence-electron chi connectivity index (χ1n) is 5.35. The van der Waals surface area contributed by atoms with Crippen LogP contribution < -0.4 is 9.75 Å². The molecule has 1 aliphatic heterocycles. The highest BCUT2D eigenvalue weighted by molar-refractivity contribution is 6.16. The Hall–Kier alpha value is -2.37. The summed E-state index contributed by atoms with van der Waals surface area (Å²) in [4.78, 5) is 22.3. The maximum absolute atomic E-state index is 11.7. The lowest BCUT2D eigenvalue weighted by Crippen LogP contribution is -2.19. The average molecular weight is 248 g/mol. The molecule has 0 aliphatic carbocycles. The fourth-order valence-electron chi connectivity index (χ4n) is 1.70. The number of carboxylic acids is 1. The molecule has 0 spiro atoms. The van der Waals surface area contributed by atoms with E-state index in [2.05, 4.69) is 5.10 Å². The van der Waals surface area contributed by atoms with E-state index >= 15 is 0 Å². The Balaban J connectivity index is 2.24. The van der Waals surface area contributed by atoms with E-state index in [0.717, 1.165) is 0 Å². The number of benzene rings is 1. The van der Waals surface area contributed by atoms with Crippen molar-refractivity contribution in [1.82, 2.24) is 0 Å². The first-order valence-corrected chi connectivity index (χ1v) is 5.35. The van der Waals surface area contributed by atoms with Crippen LogP contribution in [0.5, 0.6) is 5.75 Å². The molecule has 0 unspecified atom stereocenters. The van der Waals surface area contributed by atoms with Gasteiger partial charge in [0.2, 0.25) is 0 Å². The normalized spacial score (nSPS) is 14.6. The number of anilines is 1. The van der Waals surface area contributed by atoms with Gasteiger partial charge in [-0.15, -0.1) is 0 Å². The van der Waals surface area contributed by atoms with E-state index in [1.54, 1.807) is 24.3 Å². The zero-order chi connectivity index (χ0) is 13.1. The highest BCUT2D eigenvalue weighted by atomic mass is 16.5. The zero-order valence-electron chi connectivity index (χ0n) is 9.79. The number of carbonyl (C=O) groups is 2. The maximum Gasteiger partial charge on any atom is 0.309 e. The van der Waals surface area contributed by atoms with Crippen LogP contribution in [0.1, 0.15) is 12.8 Å². The van der Waals surface area contributed by atoms with Gasteiger partial charge in [-0.25, -0.2) is 5.01 Å². The van der Waals surface area contributed by atoms with Gasteiger partial charge in [0.1, 0.15) is 5.75 Å². The first-order chi connectivity index (χ1) is 8.60. The minimum atomic E-state index is -0.992. The van der Waals surface area contributed by atoms with Crippen LogP contribution in [0.15, 0.2) is 29.4 Å². The fraction of sp³-hybridized carbons (Fsp3) is 0.250. The molecule has 2 rings (SSSR count). The number of aliphatic carboxylic acids is 1. The molecular formula is C12H12N2O4. The molecule has 0 fully saturated rings. The Kier molecular flexibility index (Phi) is 3.27. The highest BCUT2D eigenvalue weighted by Crippen LogP contribution is 2.25. The molecule has 94 valence electrons. The van der Waals surface area contributed by atoms with Crippen molar-refractivity contribution in [3.8, 4) is 5.75 Å². The summed E-state index contributed by atoms with van der Waals surface area (Å²) in [5, 5.41) is 13.9. The number of rotatable bonds is 4. The predicted octanol–water partition coefficient (Wildman–Crippen LogP) is 1.26. The molecule has 6 heteroatoms. The van der Waals surface area contributed by atoms with Crippen LogP contribution in [0, 0.1) is 0 Å². The lowest BCUT2D eigenvalue weighted by molar-refractivity contribution is -0.135. The van der Waals surface area contributed by atoms with E-state index in [4.69, 9.17) is 9.84 Å². The molecule has 0 atom stereocenters. The van der Waals surface area contributed by atoms with Gasteiger partial charge in [-0.3, -0.25) is 9.59 Å². The Morgan fingerprint density at radius 3 is 3.00 bits per heavy atom. The number of methoxy groups -OCH3 is 1. The number of hydrazone groups is 1. The van der Waals surface area contributed by atoms with Gasteiger partial charge in [0, 0.05) is 6.07 Å². The summed E-state index contributed by atoms with van der Waals surface area (Å²) in [6, 6.07) is 6.89. The van der Waals surface area contributed by atoms with Crippen LogP contribution in [-0.2, 0) is 9.59 Å². The van der Waals surface area contributed by atoms with Gasteiger partial charge in [-0.05, 0) is 12.1 Å². The van der Waals surface area contributed by atoms with Gasteiger partial charge in [0.15, 0.2) is 0 Å². The molecule has 1 aromatic rings. The highest BCUT2D eigenvalue weighted by Gasteiger charge is 2.26. The van der Waals surface area contributed by atoms with E-state index < -0.39 is 5.97 Å². The van der Waals surface area contributed by atoms with E-state index in [1.807, 2.05) is 0 Å². The molecule has 1 N–H and O–H groups in total. The van der Waals surface area contributed by atoms with Crippen molar-refractivity contribution in [3.63, 3.8) is 0 Å². The van der Waals surface area contributed by atoms with E-state index in [0.29, 0.717) is 17.1 Å². The van der Waals surface area contributed by atoms with Gasteiger partial charge in [-0.1, -0.05) is 6.07 Å². The quantitative estimate of drug-likeness (QED) is 0.870. The van der Waals surface area contributed by atoms with Crippen LogP contribution in [0.25, 0.3) is 0 Å². The molecule has 0 saturated carbocycles. The van der Waals surface area contributed by atoms with Gasteiger partial charge in [0.05, 0.1) is 31.4 Å². The van der Waals surface area contributed by atoms with Crippen LogP contribution in [-0.4, -0.2) is 29.8 Å². The lowest BCUT2D eigenvalue weighted by atomic mass is 10.2. The van der Waals surface area contributed by atoms with Crippen molar-refractivity contribution >= 4 is 23.3 Å². The standard InChI is InChI=1S/C12H12N2O4/c1-18-10-4-2-3-9(7-10)14-11(15)5-8(13-14)6-12(16)17/h2-4,7H,5-6H2,1H3,(H,16,17). The summed E-state index contributed by atoms with van der Waals surface area (Å²) in [7, 11) is 1.53. The molecule has 1 amide bonds. The third-order valence-corrected chi connectivity index (χ3v) is 2.49. The number of nitrogens with zero attached hydrogens (tertiary/aromatic N) is 2. The van der Waals surface area contributed by atoms with Crippen molar-refractivity contribution in [2.24, 2.45) is 5.10 Å². The van der Waals surface area contributed by atoms with Gasteiger partial charge >= 0.3 is 5.97 Å². The Morgan fingerprint density at radius 2 is 2.33 bits per heavy atom. The number of hydrogen-bond donors (Lipinski definition) is 1. The summed E-state index contributed by atoms with van der Waals surface area (Å²) in [5.74, 6) is -0.615. The monoisotopic (exact) mass is 248 g/mol. The van der Waals surface area contributed by atoms with E-state index in [-0.39, 0.29) is 18.7 Å². The molecule has 1 aliphatic rings. The van der Waals surface area contributed by atoms with Gasteiger partial charge < -0.3 is 9.84 Å². The summed E-state index contributed by atoms with van der Waals surface area (Å²) in [6.45, 7) is 0. The minimum Gasteiger partial charge on any atom is -0.497 e. The largest absolute Gasteiger partial charge is 0.497 e. The molecule has 18 heavy (non-hydrogen) atoms. The molecule has 6 nitrogen and oxygen atoms in total. The fourth-order valence-corrected chi connectivity index (χ4v) is 1.70. The Morgan fingerprint density at radius 1 is 1.56 bits per heavy atom.